The summed E-state index contributed by atoms with van der Waals surface area (Å²) >= 11 is 0. The number of rotatable bonds is 0. The SMILES string of the molecule is C/N=c1\n(C)cnn1C. The number of hydrogen-bond acceptors (Lipinski definition) is 2. The predicted molar refractivity (Wildman–Crippen MR) is 33.7 cm³/mol. The maximum Gasteiger partial charge on any atom is 0.222 e. The van der Waals surface area contributed by atoms with E-state index in [1.165, 1.54) is 0 Å². The first-order chi connectivity index (χ1) is 4.25. The Morgan fingerprint density at radius 1 is 1.56 bits per heavy atom. The second kappa shape index (κ2) is 2.05. The van der Waals surface area contributed by atoms with Crippen LogP contribution in [0.15, 0.2) is 11.3 Å². The monoisotopic (exact) mass is 126 g/mol. The first-order valence-electron chi connectivity index (χ1n) is 2.73. The van der Waals surface area contributed by atoms with E-state index in [2.05, 4.69) is 10.1 Å². The van der Waals surface area contributed by atoms with E-state index in [0.717, 1.165) is 5.62 Å². The molecule has 0 spiro atoms. The van der Waals surface area contributed by atoms with Gasteiger partial charge in [0, 0.05) is 21.1 Å². The van der Waals surface area contributed by atoms with Crippen LogP contribution < -0.4 is 5.62 Å². The van der Waals surface area contributed by atoms with Gasteiger partial charge in [-0.15, -0.1) is 0 Å². The van der Waals surface area contributed by atoms with Crippen molar-refractivity contribution in [2.24, 2.45) is 19.1 Å². The van der Waals surface area contributed by atoms with Crippen molar-refractivity contribution in [3.05, 3.63) is 11.9 Å². The molecule has 0 saturated carbocycles. The van der Waals surface area contributed by atoms with E-state index in [1.54, 1.807) is 18.1 Å². The van der Waals surface area contributed by atoms with Gasteiger partial charge in [0.25, 0.3) is 0 Å². The molecule has 1 rings (SSSR count). The smallest absolute Gasteiger partial charge is 0.222 e. The summed E-state index contributed by atoms with van der Waals surface area (Å²) in [5, 5.41) is 3.97. The summed E-state index contributed by atoms with van der Waals surface area (Å²) in [6, 6.07) is 0. The Hall–Kier alpha value is -1.06. The average Bonchev–Trinajstić information content (AvgIpc) is 2.12. The maximum atomic E-state index is 3.99. The normalized spacial score (nSPS) is 12.6. The van der Waals surface area contributed by atoms with Crippen LogP contribution in [-0.4, -0.2) is 21.4 Å². The summed E-state index contributed by atoms with van der Waals surface area (Å²) < 4.78 is 3.58. The zero-order valence-electron chi connectivity index (χ0n) is 5.87. The van der Waals surface area contributed by atoms with E-state index in [1.807, 2.05) is 18.7 Å². The largest absolute Gasteiger partial charge is 0.303 e. The summed E-state index contributed by atoms with van der Waals surface area (Å²) in [4.78, 5) is 3.99. The van der Waals surface area contributed by atoms with Crippen LogP contribution in [0.1, 0.15) is 0 Å². The fourth-order valence-corrected chi connectivity index (χ4v) is 0.789. The molecule has 1 heterocycles. The van der Waals surface area contributed by atoms with Crippen molar-refractivity contribution in [1.82, 2.24) is 14.3 Å². The second-order valence-corrected chi connectivity index (χ2v) is 1.89. The molecule has 0 radical (unpaired) electrons. The predicted octanol–water partition coefficient (Wildman–Crippen LogP) is -0.711. The zero-order valence-corrected chi connectivity index (χ0v) is 5.87. The van der Waals surface area contributed by atoms with Crippen LogP contribution in [0.5, 0.6) is 0 Å². The molecule has 0 aromatic carbocycles. The van der Waals surface area contributed by atoms with Crippen molar-refractivity contribution in [1.29, 1.82) is 0 Å². The van der Waals surface area contributed by atoms with E-state index >= 15 is 0 Å². The summed E-state index contributed by atoms with van der Waals surface area (Å²) in [5.41, 5.74) is 0.870. The molecule has 0 amide bonds. The van der Waals surface area contributed by atoms with Crippen molar-refractivity contribution in [3.8, 4) is 0 Å². The molecule has 0 N–H and O–H groups in total. The lowest BCUT2D eigenvalue weighted by molar-refractivity contribution is 0.687. The molecule has 0 aliphatic carbocycles. The minimum Gasteiger partial charge on any atom is -0.303 e. The van der Waals surface area contributed by atoms with Crippen molar-refractivity contribution in [2.45, 2.75) is 0 Å². The number of hydrogen-bond donors (Lipinski definition) is 0. The fourth-order valence-electron chi connectivity index (χ4n) is 0.789. The molecule has 0 aliphatic heterocycles. The molecule has 0 aliphatic rings. The third-order valence-electron chi connectivity index (χ3n) is 1.20. The van der Waals surface area contributed by atoms with E-state index in [9.17, 15) is 0 Å². The highest BCUT2D eigenvalue weighted by Gasteiger charge is 1.88. The van der Waals surface area contributed by atoms with Gasteiger partial charge in [-0.1, -0.05) is 0 Å². The Kier molecular flexibility index (Phi) is 1.38. The summed E-state index contributed by atoms with van der Waals surface area (Å²) in [6.07, 6.45) is 1.72. The summed E-state index contributed by atoms with van der Waals surface area (Å²) in [6.45, 7) is 0. The van der Waals surface area contributed by atoms with Gasteiger partial charge in [0.1, 0.15) is 6.33 Å². The molecule has 9 heavy (non-hydrogen) atoms. The Morgan fingerprint density at radius 2 is 2.22 bits per heavy atom. The van der Waals surface area contributed by atoms with Crippen LogP contribution in [-0.2, 0) is 14.1 Å². The quantitative estimate of drug-likeness (QED) is 0.452. The van der Waals surface area contributed by atoms with Gasteiger partial charge in [0.2, 0.25) is 5.62 Å². The topological polar surface area (TPSA) is 35.1 Å². The molecule has 4 heteroatoms. The van der Waals surface area contributed by atoms with Gasteiger partial charge in [0.15, 0.2) is 0 Å². The van der Waals surface area contributed by atoms with Crippen molar-refractivity contribution < 1.29 is 0 Å². The third-order valence-corrected chi connectivity index (χ3v) is 1.20. The van der Waals surface area contributed by atoms with Crippen LogP contribution in [0, 0.1) is 0 Å². The van der Waals surface area contributed by atoms with E-state index in [4.69, 9.17) is 0 Å². The molecule has 1 aromatic heterocycles. The van der Waals surface area contributed by atoms with E-state index in [-0.39, 0.29) is 0 Å². The van der Waals surface area contributed by atoms with Gasteiger partial charge in [-0.05, 0) is 0 Å². The van der Waals surface area contributed by atoms with Crippen LogP contribution in [0.4, 0.5) is 0 Å². The molecule has 0 fully saturated rings. The van der Waals surface area contributed by atoms with Crippen molar-refractivity contribution in [2.75, 3.05) is 7.05 Å². The highest BCUT2D eigenvalue weighted by atomic mass is 15.4. The number of aromatic nitrogens is 3. The van der Waals surface area contributed by atoms with Gasteiger partial charge in [0.05, 0.1) is 0 Å². The van der Waals surface area contributed by atoms with Crippen molar-refractivity contribution in [3.63, 3.8) is 0 Å². The molecular formula is C5H10N4. The molecule has 0 atom stereocenters. The van der Waals surface area contributed by atoms with Gasteiger partial charge in [-0.2, -0.15) is 5.10 Å². The standard InChI is InChI=1S/C5H10N4/c1-6-5-8(2)4-7-9(5)3/h4H,1-3H3/b6-5+. The highest BCUT2D eigenvalue weighted by molar-refractivity contribution is 4.60. The lowest BCUT2D eigenvalue weighted by atomic mass is 11.0. The Labute approximate surface area is 53.5 Å². The molecule has 0 unspecified atom stereocenters. The molecule has 4 nitrogen and oxygen atoms in total. The number of nitrogens with zero attached hydrogens (tertiary/aromatic N) is 4. The maximum absolute atomic E-state index is 3.99. The summed E-state index contributed by atoms with van der Waals surface area (Å²) in [7, 11) is 5.52. The van der Waals surface area contributed by atoms with E-state index in [0.29, 0.717) is 0 Å². The zero-order chi connectivity index (χ0) is 6.85. The van der Waals surface area contributed by atoms with Gasteiger partial charge in [-0.3, -0.25) is 4.99 Å². The van der Waals surface area contributed by atoms with Crippen molar-refractivity contribution >= 4 is 0 Å². The van der Waals surface area contributed by atoms with Crippen LogP contribution in [0.2, 0.25) is 0 Å². The molecule has 0 saturated heterocycles. The summed E-state index contributed by atoms with van der Waals surface area (Å²) in [5.74, 6) is 0. The average molecular weight is 126 g/mol. The highest BCUT2D eigenvalue weighted by Crippen LogP contribution is 1.66. The van der Waals surface area contributed by atoms with Crippen LogP contribution in [0.25, 0.3) is 0 Å². The fraction of sp³-hybridized carbons (Fsp3) is 0.600. The Bertz CT molecular complexity index is 232. The van der Waals surface area contributed by atoms with Crippen LogP contribution in [0.3, 0.4) is 0 Å². The van der Waals surface area contributed by atoms with Gasteiger partial charge < -0.3 is 4.57 Å². The molecular weight excluding hydrogens is 116 g/mol. The van der Waals surface area contributed by atoms with E-state index < -0.39 is 0 Å². The third kappa shape index (κ3) is 0.872. The second-order valence-electron chi connectivity index (χ2n) is 1.89. The first kappa shape index (κ1) is 6.07. The Balaban J connectivity index is 3.42. The van der Waals surface area contributed by atoms with Gasteiger partial charge >= 0.3 is 0 Å². The minimum absolute atomic E-state index is 0.870. The lowest BCUT2D eigenvalue weighted by Gasteiger charge is -1.87. The van der Waals surface area contributed by atoms with Gasteiger partial charge in [-0.25, -0.2) is 4.68 Å². The molecule has 0 bridgehead atoms. The minimum atomic E-state index is 0.870. The molecule has 50 valence electrons. The number of aryl methyl sites for hydroxylation is 2. The lowest BCUT2D eigenvalue weighted by Crippen LogP contribution is -2.21. The Morgan fingerprint density at radius 3 is 2.44 bits per heavy atom. The first-order valence-corrected chi connectivity index (χ1v) is 2.73. The van der Waals surface area contributed by atoms with Crippen LogP contribution >= 0.6 is 0 Å². The molecule has 1 aromatic rings.